The van der Waals surface area contributed by atoms with Crippen LogP contribution in [0.1, 0.15) is 33.1 Å². The molecule has 1 unspecified atom stereocenters. The highest BCUT2D eigenvalue weighted by Gasteiger charge is 2.29. The molecule has 0 N–H and O–H groups in total. The van der Waals surface area contributed by atoms with E-state index in [1.807, 2.05) is 0 Å². The van der Waals surface area contributed by atoms with Gasteiger partial charge >= 0.3 is 0 Å². The maximum absolute atomic E-state index is 2.66. The molecular formula is C12H25N3. The minimum Gasteiger partial charge on any atom is -0.293 e. The Labute approximate surface area is 94.0 Å². The monoisotopic (exact) mass is 211 g/mol. The van der Waals surface area contributed by atoms with E-state index in [2.05, 4.69) is 35.6 Å². The molecule has 3 heteroatoms. The topological polar surface area (TPSA) is 9.72 Å². The third-order valence-corrected chi connectivity index (χ3v) is 3.86. The van der Waals surface area contributed by atoms with Crippen molar-refractivity contribution < 1.29 is 0 Å². The lowest BCUT2D eigenvalue weighted by Gasteiger charge is -2.43. The van der Waals surface area contributed by atoms with Gasteiger partial charge in [0.2, 0.25) is 0 Å². The number of rotatable bonds is 1. The van der Waals surface area contributed by atoms with Gasteiger partial charge in [0.05, 0.1) is 13.3 Å². The van der Waals surface area contributed by atoms with Crippen LogP contribution >= 0.6 is 0 Å². The summed E-state index contributed by atoms with van der Waals surface area (Å²) in [6.07, 6.45) is 4.14. The van der Waals surface area contributed by atoms with Crippen LogP contribution in [0.5, 0.6) is 0 Å². The van der Waals surface area contributed by atoms with Crippen LogP contribution in [-0.2, 0) is 0 Å². The molecule has 0 aliphatic carbocycles. The molecular weight excluding hydrogens is 186 g/mol. The second-order valence-electron chi connectivity index (χ2n) is 5.44. The van der Waals surface area contributed by atoms with Gasteiger partial charge in [0.25, 0.3) is 0 Å². The van der Waals surface area contributed by atoms with Gasteiger partial charge < -0.3 is 0 Å². The van der Waals surface area contributed by atoms with Crippen LogP contribution in [0.3, 0.4) is 0 Å². The van der Waals surface area contributed by atoms with Crippen LogP contribution in [0, 0.1) is 0 Å². The van der Waals surface area contributed by atoms with Crippen LogP contribution in [0.25, 0.3) is 0 Å². The third kappa shape index (κ3) is 2.71. The van der Waals surface area contributed by atoms with Crippen molar-refractivity contribution >= 4 is 0 Å². The Kier molecular flexibility index (Phi) is 3.65. The summed E-state index contributed by atoms with van der Waals surface area (Å²) in [4.78, 5) is 7.72. The molecule has 2 fully saturated rings. The van der Waals surface area contributed by atoms with E-state index in [0.717, 1.165) is 12.7 Å². The van der Waals surface area contributed by atoms with E-state index in [9.17, 15) is 0 Å². The highest BCUT2D eigenvalue weighted by atomic mass is 15.4. The smallest absolute Gasteiger partial charge is 0.0523 e. The van der Waals surface area contributed by atoms with Crippen molar-refractivity contribution in [1.29, 1.82) is 0 Å². The quantitative estimate of drug-likeness (QED) is 0.649. The predicted molar refractivity (Wildman–Crippen MR) is 63.7 cm³/mol. The largest absolute Gasteiger partial charge is 0.293 e. The summed E-state index contributed by atoms with van der Waals surface area (Å²) in [5.74, 6) is 0. The fraction of sp³-hybridized carbons (Fsp3) is 1.00. The van der Waals surface area contributed by atoms with E-state index in [0.29, 0.717) is 6.04 Å². The molecule has 0 aromatic heterocycles. The van der Waals surface area contributed by atoms with Gasteiger partial charge in [-0.05, 0) is 46.7 Å². The molecule has 2 aliphatic rings. The Bertz CT molecular complexity index is 205. The summed E-state index contributed by atoms with van der Waals surface area (Å²) in [5.41, 5.74) is 0. The van der Waals surface area contributed by atoms with E-state index in [-0.39, 0.29) is 0 Å². The minimum atomic E-state index is 0.694. The van der Waals surface area contributed by atoms with Crippen molar-refractivity contribution in [1.82, 2.24) is 14.7 Å². The lowest BCUT2D eigenvalue weighted by molar-refractivity contribution is 0.000794. The first-order chi connectivity index (χ1) is 7.16. The van der Waals surface area contributed by atoms with Crippen LogP contribution in [-0.4, -0.2) is 60.3 Å². The van der Waals surface area contributed by atoms with Gasteiger partial charge in [0.15, 0.2) is 0 Å². The Morgan fingerprint density at radius 2 is 1.87 bits per heavy atom. The Morgan fingerprint density at radius 1 is 1.07 bits per heavy atom. The second-order valence-corrected chi connectivity index (χ2v) is 5.44. The van der Waals surface area contributed by atoms with E-state index in [1.54, 1.807) is 0 Å². The highest BCUT2D eigenvalue weighted by Crippen LogP contribution is 2.22. The summed E-state index contributed by atoms with van der Waals surface area (Å²) in [6, 6.07) is 1.55. The van der Waals surface area contributed by atoms with Crippen molar-refractivity contribution in [3.63, 3.8) is 0 Å². The molecule has 88 valence electrons. The second kappa shape index (κ2) is 4.81. The van der Waals surface area contributed by atoms with Crippen LogP contribution in [0.4, 0.5) is 0 Å². The molecule has 2 heterocycles. The van der Waals surface area contributed by atoms with Gasteiger partial charge in [0.1, 0.15) is 0 Å². The molecule has 2 saturated heterocycles. The zero-order valence-corrected chi connectivity index (χ0v) is 10.4. The summed E-state index contributed by atoms with van der Waals surface area (Å²) in [7, 11) is 2.25. The van der Waals surface area contributed by atoms with Gasteiger partial charge in [-0.15, -0.1) is 0 Å². The molecule has 1 atom stereocenters. The zero-order valence-electron chi connectivity index (χ0n) is 10.4. The molecule has 0 spiro atoms. The summed E-state index contributed by atoms with van der Waals surface area (Å²) < 4.78 is 0. The van der Waals surface area contributed by atoms with Gasteiger partial charge in [-0.3, -0.25) is 14.7 Å². The lowest BCUT2D eigenvalue weighted by Crippen LogP contribution is -2.53. The number of hydrogen-bond donors (Lipinski definition) is 0. The summed E-state index contributed by atoms with van der Waals surface area (Å²) in [5, 5.41) is 0. The van der Waals surface area contributed by atoms with Crippen LogP contribution in [0.15, 0.2) is 0 Å². The first kappa shape index (κ1) is 11.4. The van der Waals surface area contributed by atoms with E-state index in [1.165, 1.54) is 39.0 Å². The van der Waals surface area contributed by atoms with Crippen LogP contribution < -0.4 is 0 Å². The van der Waals surface area contributed by atoms with Crippen molar-refractivity contribution in [2.24, 2.45) is 0 Å². The summed E-state index contributed by atoms with van der Waals surface area (Å²) >= 11 is 0. The average molecular weight is 211 g/mol. The number of hydrogen-bond acceptors (Lipinski definition) is 3. The number of nitrogens with zero attached hydrogens (tertiary/aromatic N) is 3. The van der Waals surface area contributed by atoms with E-state index >= 15 is 0 Å². The molecule has 0 saturated carbocycles. The number of fused-ring (bicyclic) bond motifs is 1. The summed E-state index contributed by atoms with van der Waals surface area (Å²) in [6.45, 7) is 9.52. The third-order valence-electron chi connectivity index (χ3n) is 3.86. The SMILES string of the molecule is CC(C)N1CCC2CCCN(C)CN2C1. The van der Waals surface area contributed by atoms with Gasteiger partial charge in [-0.25, -0.2) is 0 Å². The van der Waals surface area contributed by atoms with Crippen molar-refractivity contribution in [2.75, 3.05) is 33.5 Å². The lowest BCUT2D eigenvalue weighted by atomic mass is 10.0. The van der Waals surface area contributed by atoms with Crippen molar-refractivity contribution in [3.8, 4) is 0 Å². The molecule has 0 radical (unpaired) electrons. The van der Waals surface area contributed by atoms with Gasteiger partial charge in [0, 0.05) is 18.6 Å². The van der Waals surface area contributed by atoms with Crippen molar-refractivity contribution in [2.45, 2.75) is 45.2 Å². The Morgan fingerprint density at radius 3 is 2.60 bits per heavy atom. The molecule has 0 bridgehead atoms. The van der Waals surface area contributed by atoms with Gasteiger partial charge in [-0.2, -0.15) is 0 Å². The molecule has 3 nitrogen and oxygen atoms in total. The molecule has 2 rings (SSSR count). The van der Waals surface area contributed by atoms with Gasteiger partial charge in [-0.1, -0.05) is 0 Å². The molecule has 0 aromatic carbocycles. The first-order valence-corrected chi connectivity index (χ1v) is 6.33. The maximum Gasteiger partial charge on any atom is 0.0523 e. The Balaban J connectivity index is 1.96. The van der Waals surface area contributed by atoms with E-state index in [4.69, 9.17) is 0 Å². The van der Waals surface area contributed by atoms with Crippen molar-refractivity contribution in [3.05, 3.63) is 0 Å². The molecule has 15 heavy (non-hydrogen) atoms. The van der Waals surface area contributed by atoms with Crippen LogP contribution in [0.2, 0.25) is 0 Å². The highest BCUT2D eigenvalue weighted by molar-refractivity contribution is 4.82. The molecule has 0 amide bonds. The predicted octanol–water partition coefficient (Wildman–Crippen LogP) is 1.41. The zero-order chi connectivity index (χ0) is 10.8. The average Bonchev–Trinajstić information content (AvgIpc) is 2.37. The first-order valence-electron chi connectivity index (χ1n) is 6.33. The maximum atomic E-state index is 2.66. The van der Waals surface area contributed by atoms with E-state index < -0.39 is 0 Å². The fourth-order valence-electron chi connectivity index (χ4n) is 2.80. The standard InChI is InChI=1S/C12H25N3/c1-11(2)14-8-6-12-5-4-7-13(3)9-15(12)10-14/h11-12H,4-10H2,1-3H3. The Hall–Kier alpha value is -0.120. The molecule has 0 aromatic rings. The fourth-order valence-corrected chi connectivity index (χ4v) is 2.80. The molecule has 2 aliphatic heterocycles. The minimum absolute atomic E-state index is 0.694. The normalized spacial score (nSPS) is 31.6.